The van der Waals surface area contributed by atoms with Crippen LogP contribution >= 0.6 is 40.4 Å². The van der Waals surface area contributed by atoms with Gasteiger partial charge in [0.15, 0.2) is 0 Å². The van der Waals surface area contributed by atoms with Crippen molar-refractivity contribution in [2.75, 3.05) is 0 Å². The van der Waals surface area contributed by atoms with E-state index < -0.39 is 9.20 Å². The van der Waals surface area contributed by atoms with Crippen LogP contribution in [0.25, 0.3) is 34.8 Å². The van der Waals surface area contributed by atoms with E-state index in [0.29, 0.717) is 0 Å². The molecule has 0 bridgehead atoms. The van der Waals surface area contributed by atoms with Crippen LogP contribution < -0.4 is 0 Å². The van der Waals surface area contributed by atoms with E-state index in [9.17, 15) is 0 Å². The Kier molecular flexibility index (Phi) is 9.25. The minimum atomic E-state index is -2.61. The molecule has 0 saturated carbocycles. The Morgan fingerprint density at radius 3 is 1.66 bits per heavy atom. The van der Waals surface area contributed by atoms with E-state index in [2.05, 4.69) is 73.7 Å². The van der Waals surface area contributed by atoms with Gasteiger partial charge < -0.3 is 0 Å². The molecule has 0 fully saturated rings. The van der Waals surface area contributed by atoms with Gasteiger partial charge in [-0.1, -0.05) is 78.9 Å². The summed E-state index contributed by atoms with van der Waals surface area (Å²) in [4.78, 5) is 0. The van der Waals surface area contributed by atoms with Crippen molar-refractivity contribution < 1.29 is 13.6 Å². The average Bonchev–Trinajstić information content (AvgIpc) is 2.79. The Morgan fingerprint density at radius 2 is 1.12 bits per heavy atom. The zero-order valence-corrected chi connectivity index (χ0v) is 21.3. The van der Waals surface area contributed by atoms with Gasteiger partial charge in [-0.15, -0.1) is 0 Å². The molecule has 6 heteroatoms. The summed E-state index contributed by atoms with van der Waals surface area (Å²) in [6.07, 6.45) is 4.31. The number of halogens is 4. The second-order valence-electron chi connectivity index (χ2n) is 6.80. The molecule has 1 nitrogen and oxygen atoms in total. The van der Waals surface area contributed by atoms with Crippen molar-refractivity contribution in [3.8, 4) is 22.6 Å². The first kappa shape index (κ1) is 24.9. The van der Waals surface area contributed by atoms with Gasteiger partial charge in [-0.05, 0) is 42.3 Å². The van der Waals surface area contributed by atoms with E-state index in [1.807, 2.05) is 42.5 Å². The van der Waals surface area contributed by atoms with Crippen LogP contribution in [0.5, 0.6) is 0 Å². The van der Waals surface area contributed by atoms with Crippen molar-refractivity contribution >= 4 is 52.5 Å². The molecule has 1 aromatic heterocycles. The number of hydrogen-bond donors (Lipinski definition) is 0. The molecule has 0 aliphatic heterocycles. The van der Waals surface area contributed by atoms with Gasteiger partial charge in [-0.3, -0.25) is 0 Å². The second-order valence-corrected chi connectivity index (χ2v) is 17.7. The molecule has 0 saturated heterocycles. The Bertz CT molecular complexity index is 1150. The van der Waals surface area contributed by atoms with Crippen molar-refractivity contribution in [3.63, 3.8) is 0 Å². The molecule has 0 spiro atoms. The molecule has 4 rings (SSSR count). The van der Waals surface area contributed by atoms with Gasteiger partial charge in [0.2, 0.25) is 0 Å². The zero-order valence-electron chi connectivity index (χ0n) is 17.2. The number of hydrogen-bond acceptors (Lipinski definition) is 0. The van der Waals surface area contributed by atoms with E-state index in [0.717, 1.165) is 33.8 Å². The van der Waals surface area contributed by atoms with Gasteiger partial charge in [-0.25, -0.2) is 4.42 Å². The van der Waals surface area contributed by atoms with Crippen LogP contribution in [0.2, 0.25) is 0 Å². The Balaban J connectivity index is 0.000000523. The van der Waals surface area contributed by atoms with E-state index >= 15 is 0 Å². The molecule has 0 unspecified atom stereocenters. The van der Waals surface area contributed by atoms with Gasteiger partial charge in [0.25, 0.3) is 0 Å². The molecule has 32 heavy (non-hydrogen) atoms. The fourth-order valence-electron chi connectivity index (χ4n) is 3.13. The van der Waals surface area contributed by atoms with E-state index in [1.165, 1.54) is 5.56 Å². The van der Waals surface area contributed by atoms with Crippen molar-refractivity contribution in [3.05, 3.63) is 114 Å². The van der Waals surface area contributed by atoms with Gasteiger partial charge in [0.1, 0.15) is 0 Å². The molecule has 0 amide bonds. The summed E-state index contributed by atoms with van der Waals surface area (Å²) in [5.74, 6) is 1.78. The predicted molar refractivity (Wildman–Crippen MR) is 138 cm³/mol. The molecular formula is C26H21Cl4FeO. The molecule has 1 heterocycles. The molecule has 167 valence electrons. The SMILES string of the molecule is Cc1c(/C=C/c2ccccc2)cc(-c2ccccc2)[o+]c1-c1ccccc1.[Cl][Fe-]([Cl])([Cl])[Cl]. The average molecular weight is 547 g/mol. The fourth-order valence-corrected chi connectivity index (χ4v) is 3.13. The standard InChI is InChI=1S/C26H21O.4ClH.Fe/c1-20-24(18-17-21-11-5-2-6-12-21)19-25(22-13-7-3-8-14-22)27-26(20)23-15-9-4-10-16-23;;;;;/h2-19H,1H3;4*1H;/q+1;;;;;+3/p-4/b18-17+;;;;;. The predicted octanol–water partition coefficient (Wildman–Crippen LogP) is 10.1. The van der Waals surface area contributed by atoms with Crippen LogP contribution in [-0.4, -0.2) is 0 Å². The van der Waals surface area contributed by atoms with E-state index in [4.69, 9.17) is 44.8 Å². The summed E-state index contributed by atoms with van der Waals surface area (Å²) in [6.45, 7) is 2.12. The van der Waals surface area contributed by atoms with Gasteiger partial charge in [0.05, 0.1) is 22.8 Å². The summed E-state index contributed by atoms with van der Waals surface area (Å²) in [6, 6.07) is 33.0. The third-order valence-electron chi connectivity index (χ3n) is 4.62. The molecule has 3 aromatic carbocycles. The van der Waals surface area contributed by atoms with Crippen LogP contribution in [0.1, 0.15) is 16.7 Å². The first-order valence-electron chi connectivity index (χ1n) is 9.66. The molecule has 4 aromatic rings. The quantitative estimate of drug-likeness (QED) is 0.183. The van der Waals surface area contributed by atoms with Crippen LogP contribution in [-0.2, 0) is 9.20 Å². The molecule has 0 atom stereocenters. The van der Waals surface area contributed by atoms with Crippen molar-refractivity contribution in [1.82, 2.24) is 0 Å². The monoisotopic (exact) mass is 545 g/mol. The summed E-state index contributed by atoms with van der Waals surface area (Å²) in [5, 5.41) is 0. The van der Waals surface area contributed by atoms with Crippen LogP contribution in [0, 0.1) is 6.92 Å². The van der Waals surface area contributed by atoms with Crippen molar-refractivity contribution in [2.45, 2.75) is 6.92 Å². The summed E-state index contributed by atoms with van der Waals surface area (Å²) < 4.78 is 6.34. The molecule has 0 aliphatic carbocycles. The Labute approximate surface area is 208 Å². The first-order chi connectivity index (χ1) is 15.3. The maximum atomic E-state index is 6.34. The van der Waals surface area contributed by atoms with Gasteiger partial charge in [-0.2, -0.15) is 0 Å². The third kappa shape index (κ3) is 7.98. The van der Waals surface area contributed by atoms with E-state index in [1.54, 1.807) is 0 Å². The minimum absolute atomic E-state index is 0.868. The topological polar surface area (TPSA) is 11.3 Å². The Hall–Kier alpha value is -1.77. The zero-order chi connectivity index (χ0) is 23.0. The third-order valence-corrected chi connectivity index (χ3v) is 4.62. The second kappa shape index (κ2) is 11.9. The maximum absolute atomic E-state index is 6.34. The molecular weight excluding hydrogens is 526 g/mol. The fraction of sp³-hybridized carbons (Fsp3) is 0.0385. The van der Waals surface area contributed by atoms with E-state index in [-0.39, 0.29) is 0 Å². The molecule has 0 aliphatic rings. The molecule has 0 N–H and O–H groups in total. The summed E-state index contributed by atoms with van der Waals surface area (Å²) >= 11 is 0. The Morgan fingerprint density at radius 1 is 0.656 bits per heavy atom. The normalized spacial score (nSPS) is 11.7. The van der Waals surface area contributed by atoms with Crippen LogP contribution in [0.4, 0.5) is 0 Å². The summed E-state index contributed by atoms with van der Waals surface area (Å²) in [7, 11) is 17.2. The first-order valence-corrected chi connectivity index (χ1v) is 15.7. The summed E-state index contributed by atoms with van der Waals surface area (Å²) in [5.41, 5.74) is 5.63. The van der Waals surface area contributed by atoms with Gasteiger partial charge >= 0.3 is 61.1 Å². The van der Waals surface area contributed by atoms with Gasteiger partial charge in [0, 0.05) is 0 Å². The van der Waals surface area contributed by atoms with Crippen molar-refractivity contribution in [2.24, 2.45) is 0 Å². The number of benzene rings is 3. The van der Waals surface area contributed by atoms with Crippen LogP contribution in [0.3, 0.4) is 0 Å². The van der Waals surface area contributed by atoms with Crippen molar-refractivity contribution in [1.29, 1.82) is 0 Å². The van der Waals surface area contributed by atoms with Crippen LogP contribution in [0.15, 0.2) is 101 Å². The molecule has 0 radical (unpaired) electrons. The number of rotatable bonds is 4.